The SMILES string of the molecule is CCCCCCCCCCCCCCCCCCCCCC(=O)OC[C@H](COP(=O)(O)OC[C@@H](O)COP(=O)(O)OC[C@@H](COC(=O)CCCCCCCCCCC(C)CC)OC(=O)CCCCCCCCCCCCCCCCCC)OC(=O)CCCCCCCCCCCCCCCCCCC(C)C. The van der Waals surface area contributed by atoms with Crippen LogP contribution in [-0.2, 0) is 65.4 Å². The summed E-state index contributed by atoms with van der Waals surface area (Å²) in [6.07, 6.45) is 70.7. The summed E-state index contributed by atoms with van der Waals surface area (Å²) >= 11 is 0. The molecule has 0 aliphatic rings. The minimum atomic E-state index is -4.97. The summed E-state index contributed by atoms with van der Waals surface area (Å²) in [5.41, 5.74) is 0. The summed E-state index contributed by atoms with van der Waals surface area (Å²) in [5.74, 6) is -0.513. The van der Waals surface area contributed by atoms with E-state index in [9.17, 15) is 43.2 Å². The van der Waals surface area contributed by atoms with Crippen molar-refractivity contribution in [3.63, 3.8) is 0 Å². The molecule has 0 spiro atoms. The third-order valence-corrected chi connectivity index (χ3v) is 22.7. The molecule has 0 aliphatic heterocycles. The lowest BCUT2D eigenvalue weighted by Gasteiger charge is -2.21. The number of unbranched alkanes of at least 4 members (excludes halogenated alkanes) is 55. The first kappa shape index (κ1) is 104. The summed E-state index contributed by atoms with van der Waals surface area (Å²) < 4.78 is 69.0. The van der Waals surface area contributed by atoms with Gasteiger partial charge in [0.05, 0.1) is 26.4 Å². The number of hydrogen-bond acceptors (Lipinski definition) is 15. The molecular weight excluding hydrogens is 1380 g/mol. The van der Waals surface area contributed by atoms with Crippen molar-refractivity contribution in [1.82, 2.24) is 0 Å². The second kappa shape index (κ2) is 78.3. The summed E-state index contributed by atoms with van der Waals surface area (Å²) in [6.45, 7) is 9.72. The summed E-state index contributed by atoms with van der Waals surface area (Å²) in [4.78, 5) is 73.3. The summed E-state index contributed by atoms with van der Waals surface area (Å²) in [6, 6.07) is 0. The van der Waals surface area contributed by atoms with Gasteiger partial charge >= 0.3 is 39.5 Å². The Bertz CT molecular complexity index is 2030. The zero-order chi connectivity index (χ0) is 77.8. The van der Waals surface area contributed by atoms with Gasteiger partial charge in [-0.05, 0) is 37.5 Å². The summed E-state index contributed by atoms with van der Waals surface area (Å²) in [7, 11) is -9.93. The van der Waals surface area contributed by atoms with Crippen LogP contribution in [0.4, 0.5) is 0 Å². The van der Waals surface area contributed by atoms with Crippen molar-refractivity contribution in [1.29, 1.82) is 0 Å². The van der Waals surface area contributed by atoms with Crippen molar-refractivity contribution < 1.29 is 80.2 Å². The molecule has 19 heteroatoms. The third-order valence-electron chi connectivity index (χ3n) is 20.8. The minimum Gasteiger partial charge on any atom is -0.462 e. The van der Waals surface area contributed by atoms with E-state index in [4.69, 9.17) is 37.0 Å². The van der Waals surface area contributed by atoms with Crippen molar-refractivity contribution in [2.45, 2.75) is 484 Å². The molecule has 0 aromatic heterocycles. The maximum absolute atomic E-state index is 13.2. The fraction of sp³-hybridized carbons (Fsp3) is 0.954. The number of carbonyl (C=O) groups excluding carboxylic acids is 4. The molecule has 0 heterocycles. The number of phosphoric ester groups is 2. The lowest BCUT2D eigenvalue weighted by Crippen LogP contribution is -2.30. The van der Waals surface area contributed by atoms with E-state index in [1.165, 1.54) is 283 Å². The Balaban J connectivity index is 5.26. The number of esters is 4. The maximum atomic E-state index is 13.2. The van der Waals surface area contributed by atoms with Gasteiger partial charge in [0.25, 0.3) is 0 Å². The summed E-state index contributed by atoms with van der Waals surface area (Å²) in [5, 5.41) is 10.7. The number of aliphatic hydroxyl groups excluding tert-OH is 1. The van der Waals surface area contributed by atoms with Crippen molar-refractivity contribution in [3.05, 3.63) is 0 Å². The molecule has 0 fully saturated rings. The standard InChI is InChI=1S/C87H170O17P2/c1-7-10-12-14-16-18-20-22-24-26-27-28-33-36-40-44-51-57-63-69-84(89)97-75-82(103-86(91)72-66-60-54-46-42-38-34-30-29-31-35-39-43-49-55-61-67-79(4)5)77-101-105(93,94)99-73-81(88)74-100-106(95,96)102-78-83(76-98-85(90)70-64-58-52-48-47-50-56-62-68-80(6)9-3)104-87(92)71-65-59-53-45-41-37-32-25-23-21-19-17-15-13-11-8-2/h79-83,88H,7-78H2,1-6H3,(H,93,94)(H,95,96)/t80?,81-,82-,83-/m1/s1. The van der Waals surface area contributed by atoms with E-state index in [2.05, 4.69) is 41.5 Å². The van der Waals surface area contributed by atoms with Gasteiger partial charge in [0.15, 0.2) is 12.2 Å². The third kappa shape index (κ3) is 78.7. The predicted molar refractivity (Wildman–Crippen MR) is 437 cm³/mol. The van der Waals surface area contributed by atoms with Crippen molar-refractivity contribution in [2.24, 2.45) is 11.8 Å². The van der Waals surface area contributed by atoms with Crippen LogP contribution >= 0.6 is 15.6 Å². The van der Waals surface area contributed by atoms with E-state index < -0.39 is 97.5 Å². The zero-order valence-corrected chi connectivity index (χ0v) is 71.5. The molecule has 106 heavy (non-hydrogen) atoms. The van der Waals surface area contributed by atoms with Gasteiger partial charge in [0, 0.05) is 25.7 Å². The average molecular weight is 1550 g/mol. The Morgan fingerprint density at radius 2 is 0.481 bits per heavy atom. The molecule has 0 bridgehead atoms. The normalized spacial score (nSPS) is 14.1. The molecule has 0 amide bonds. The smallest absolute Gasteiger partial charge is 0.462 e. The van der Waals surface area contributed by atoms with Crippen LogP contribution in [0.1, 0.15) is 465 Å². The molecule has 0 aliphatic carbocycles. The highest BCUT2D eigenvalue weighted by Gasteiger charge is 2.30. The van der Waals surface area contributed by atoms with Crippen LogP contribution in [0.25, 0.3) is 0 Å². The number of hydrogen-bond donors (Lipinski definition) is 3. The fourth-order valence-corrected chi connectivity index (χ4v) is 15.1. The number of ether oxygens (including phenoxy) is 4. The van der Waals surface area contributed by atoms with Crippen LogP contribution in [-0.4, -0.2) is 96.7 Å². The number of carbonyl (C=O) groups is 4. The van der Waals surface area contributed by atoms with Crippen molar-refractivity contribution >= 4 is 39.5 Å². The molecule has 17 nitrogen and oxygen atoms in total. The molecule has 6 atom stereocenters. The second-order valence-electron chi connectivity index (χ2n) is 32.0. The molecule has 0 aromatic carbocycles. The number of aliphatic hydroxyl groups is 1. The molecule has 3 N–H and O–H groups in total. The molecule has 0 rings (SSSR count). The highest BCUT2D eigenvalue weighted by atomic mass is 31.2. The molecule has 0 saturated carbocycles. The van der Waals surface area contributed by atoms with Crippen molar-refractivity contribution in [2.75, 3.05) is 39.6 Å². The predicted octanol–water partition coefficient (Wildman–Crippen LogP) is 26.6. The van der Waals surface area contributed by atoms with Gasteiger partial charge < -0.3 is 33.8 Å². The Labute approximate surface area is 651 Å². The van der Waals surface area contributed by atoms with Gasteiger partial charge in [-0.1, -0.05) is 414 Å². The lowest BCUT2D eigenvalue weighted by molar-refractivity contribution is -0.161. The Hall–Kier alpha value is -1.94. The van der Waals surface area contributed by atoms with Crippen molar-refractivity contribution in [3.8, 4) is 0 Å². The van der Waals surface area contributed by atoms with Gasteiger partial charge in [0.1, 0.15) is 19.3 Å². The number of phosphoric acid groups is 2. The molecule has 630 valence electrons. The molecule has 0 saturated heterocycles. The highest BCUT2D eigenvalue weighted by molar-refractivity contribution is 7.47. The molecule has 0 radical (unpaired) electrons. The van der Waals surface area contributed by atoms with Gasteiger partial charge in [-0.15, -0.1) is 0 Å². The Kier molecular flexibility index (Phi) is 76.9. The quantitative estimate of drug-likeness (QED) is 0.0222. The van der Waals surface area contributed by atoms with E-state index in [1.807, 2.05) is 0 Å². The van der Waals surface area contributed by atoms with Crippen LogP contribution in [0.15, 0.2) is 0 Å². The molecular formula is C87H170O17P2. The monoisotopic (exact) mass is 1550 g/mol. The van der Waals surface area contributed by atoms with Crippen LogP contribution < -0.4 is 0 Å². The Morgan fingerprint density at radius 3 is 0.717 bits per heavy atom. The zero-order valence-electron chi connectivity index (χ0n) is 69.7. The highest BCUT2D eigenvalue weighted by Crippen LogP contribution is 2.45. The Morgan fingerprint density at radius 1 is 0.274 bits per heavy atom. The average Bonchev–Trinajstić information content (AvgIpc) is 0.907. The molecule has 3 unspecified atom stereocenters. The second-order valence-corrected chi connectivity index (χ2v) is 34.9. The van der Waals surface area contributed by atoms with Crippen LogP contribution in [0.3, 0.4) is 0 Å². The van der Waals surface area contributed by atoms with Gasteiger partial charge in [-0.2, -0.15) is 0 Å². The minimum absolute atomic E-state index is 0.108. The maximum Gasteiger partial charge on any atom is 0.472 e. The van der Waals surface area contributed by atoms with E-state index in [0.29, 0.717) is 25.7 Å². The fourth-order valence-electron chi connectivity index (χ4n) is 13.6. The first-order valence-corrected chi connectivity index (χ1v) is 48.0. The largest absolute Gasteiger partial charge is 0.472 e. The van der Waals surface area contributed by atoms with Crippen LogP contribution in [0, 0.1) is 11.8 Å². The first-order valence-electron chi connectivity index (χ1n) is 45.0. The van der Waals surface area contributed by atoms with E-state index in [1.54, 1.807) is 0 Å². The number of rotatable bonds is 86. The van der Waals surface area contributed by atoms with Gasteiger partial charge in [-0.25, -0.2) is 9.13 Å². The van der Waals surface area contributed by atoms with Crippen LogP contribution in [0.5, 0.6) is 0 Å². The van der Waals surface area contributed by atoms with E-state index in [-0.39, 0.29) is 25.7 Å². The molecule has 0 aromatic rings. The topological polar surface area (TPSA) is 237 Å². The van der Waals surface area contributed by atoms with E-state index in [0.717, 1.165) is 102 Å². The van der Waals surface area contributed by atoms with Crippen LogP contribution in [0.2, 0.25) is 0 Å². The lowest BCUT2D eigenvalue weighted by atomic mass is 9.99. The van der Waals surface area contributed by atoms with E-state index >= 15 is 0 Å². The van der Waals surface area contributed by atoms with Gasteiger partial charge in [0.2, 0.25) is 0 Å². The van der Waals surface area contributed by atoms with Gasteiger partial charge in [-0.3, -0.25) is 37.3 Å². The first-order chi connectivity index (χ1) is 51.4.